The number of nitrogens with one attached hydrogen (secondary N) is 2. The van der Waals surface area contributed by atoms with Gasteiger partial charge in [0.2, 0.25) is 5.91 Å². The number of rotatable bonds is 6. The van der Waals surface area contributed by atoms with Gasteiger partial charge >= 0.3 is 0 Å². The molecule has 1 atom stereocenters. The molecule has 0 bridgehead atoms. The van der Waals surface area contributed by atoms with Gasteiger partial charge in [-0.1, -0.05) is 48.5 Å². The number of aliphatic imine (C=N–C) groups is 1. The molecule has 136 valence electrons. The van der Waals surface area contributed by atoms with Gasteiger partial charge in [0.25, 0.3) is 0 Å². The monoisotopic (exact) mass is 352 g/mol. The van der Waals surface area contributed by atoms with Crippen molar-refractivity contribution in [1.82, 2.24) is 10.6 Å². The molecule has 3 rings (SSSR count). The van der Waals surface area contributed by atoms with E-state index in [-0.39, 0.29) is 11.9 Å². The topological polar surface area (TPSA) is 88.7 Å². The zero-order valence-electron chi connectivity index (χ0n) is 14.7. The summed E-state index contributed by atoms with van der Waals surface area (Å²) in [5.74, 6) is 1.19. The summed E-state index contributed by atoms with van der Waals surface area (Å²) in [5.41, 5.74) is 8.13. The Kier molecular flexibility index (Phi) is 6.09. The zero-order chi connectivity index (χ0) is 18.2. The predicted octanol–water partition coefficient (Wildman–Crippen LogP) is 2.12. The van der Waals surface area contributed by atoms with Crippen LogP contribution in [0.15, 0.2) is 59.6 Å². The fourth-order valence-electron chi connectivity index (χ4n) is 2.88. The summed E-state index contributed by atoms with van der Waals surface area (Å²) >= 11 is 0. The predicted molar refractivity (Wildman–Crippen MR) is 102 cm³/mol. The Morgan fingerprint density at radius 1 is 1.15 bits per heavy atom. The molecule has 0 aliphatic carbocycles. The number of nitrogens with zero attached hydrogens (tertiary/aromatic N) is 1. The van der Waals surface area contributed by atoms with Gasteiger partial charge in [0.15, 0.2) is 5.96 Å². The van der Waals surface area contributed by atoms with Crippen molar-refractivity contribution in [2.75, 3.05) is 13.2 Å². The van der Waals surface area contributed by atoms with Gasteiger partial charge in [-0.15, -0.1) is 0 Å². The fraction of sp³-hybridized carbons (Fsp3) is 0.300. The quantitative estimate of drug-likeness (QED) is 0.549. The molecule has 2 aromatic rings. The molecule has 0 aromatic heterocycles. The van der Waals surface area contributed by atoms with Crippen molar-refractivity contribution in [1.29, 1.82) is 0 Å². The highest BCUT2D eigenvalue weighted by Crippen LogP contribution is 2.31. The van der Waals surface area contributed by atoms with Crippen LogP contribution in [0.5, 0.6) is 5.75 Å². The van der Waals surface area contributed by atoms with Gasteiger partial charge in [0, 0.05) is 24.9 Å². The minimum absolute atomic E-state index is 0.0400. The van der Waals surface area contributed by atoms with E-state index in [4.69, 9.17) is 10.5 Å². The Morgan fingerprint density at radius 2 is 1.92 bits per heavy atom. The Bertz CT molecular complexity index is 761. The molecule has 2 aromatic carbocycles. The smallest absolute Gasteiger partial charge is 0.222 e. The Labute approximate surface area is 153 Å². The maximum atomic E-state index is 11.9. The molecule has 0 saturated heterocycles. The molecule has 4 N–H and O–H groups in total. The molecule has 1 amide bonds. The number of amides is 1. The van der Waals surface area contributed by atoms with Crippen LogP contribution in [-0.2, 0) is 11.3 Å². The lowest BCUT2D eigenvalue weighted by molar-refractivity contribution is -0.121. The molecular weight excluding hydrogens is 328 g/mol. The number of hydrogen-bond acceptors (Lipinski definition) is 3. The van der Waals surface area contributed by atoms with E-state index in [0.29, 0.717) is 32.1 Å². The Balaban J connectivity index is 1.43. The molecule has 6 nitrogen and oxygen atoms in total. The maximum absolute atomic E-state index is 11.9. The number of carbonyl (C=O) groups is 1. The van der Waals surface area contributed by atoms with Gasteiger partial charge in [-0.2, -0.15) is 0 Å². The van der Waals surface area contributed by atoms with E-state index >= 15 is 0 Å². The zero-order valence-corrected chi connectivity index (χ0v) is 14.7. The molecule has 1 aliphatic rings. The highest BCUT2D eigenvalue weighted by Gasteiger charge is 2.21. The van der Waals surface area contributed by atoms with Crippen molar-refractivity contribution in [2.45, 2.75) is 25.4 Å². The molecule has 0 fully saturated rings. The van der Waals surface area contributed by atoms with Gasteiger partial charge in [0.1, 0.15) is 5.75 Å². The lowest BCUT2D eigenvalue weighted by Crippen LogP contribution is -2.37. The second-order valence-corrected chi connectivity index (χ2v) is 6.15. The summed E-state index contributed by atoms with van der Waals surface area (Å²) in [4.78, 5) is 16.2. The molecule has 0 saturated carbocycles. The van der Waals surface area contributed by atoms with Crippen molar-refractivity contribution in [3.05, 3.63) is 65.7 Å². The molecule has 1 aliphatic heterocycles. The van der Waals surface area contributed by atoms with E-state index in [1.807, 2.05) is 54.6 Å². The van der Waals surface area contributed by atoms with Crippen LogP contribution in [-0.4, -0.2) is 25.0 Å². The number of nitrogens with two attached hydrogens (primary N) is 1. The third kappa shape index (κ3) is 4.99. The summed E-state index contributed by atoms with van der Waals surface area (Å²) in [5, 5.41) is 6.10. The third-order valence-electron chi connectivity index (χ3n) is 4.23. The first kappa shape index (κ1) is 17.8. The largest absolute Gasteiger partial charge is 0.493 e. The van der Waals surface area contributed by atoms with Crippen LogP contribution in [0.25, 0.3) is 0 Å². The minimum Gasteiger partial charge on any atom is -0.493 e. The van der Waals surface area contributed by atoms with Crippen molar-refractivity contribution in [3.8, 4) is 5.75 Å². The molecule has 26 heavy (non-hydrogen) atoms. The molecular formula is C20H24N4O2. The summed E-state index contributed by atoms with van der Waals surface area (Å²) in [6.07, 6.45) is 1.13. The summed E-state index contributed by atoms with van der Waals surface area (Å²) in [7, 11) is 0. The van der Waals surface area contributed by atoms with Gasteiger partial charge < -0.3 is 21.1 Å². The van der Waals surface area contributed by atoms with Gasteiger partial charge in [-0.3, -0.25) is 9.79 Å². The maximum Gasteiger partial charge on any atom is 0.222 e. The first-order chi connectivity index (χ1) is 12.7. The number of carbonyl (C=O) groups excluding carboxylic acids is 1. The SMILES string of the molecule is NC(=NCCC(=O)NCc1ccccc1)NC1CCOc2ccccc21. The molecule has 1 unspecified atom stereocenters. The fourth-order valence-corrected chi connectivity index (χ4v) is 2.88. The first-order valence-electron chi connectivity index (χ1n) is 8.81. The van der Waals surface area contributed by atoms with Crippen LogP contribution in [0.4, 0.5) is 0 Å². The summed E-state index contributed by atoms with van der Waals surface area (Å²) in [6.45, 7) is 1.52. The highest BCUT2D eigenvalue weighted by atomic mass is 16.5. The molecule has 6 heteroatoms. The van der Waals surface area contributed by atoms with Crippen LogP contribution in [0.2, 0.25) is 0 Å². The Hall–Kier alpha value is -3.02. The minimum atomic E-state index is -0.0400. The van der Waals surface area contributed by atoms with E-state index in [1.165, 1.54) is 0 Å². The van der Waals surface area contributed by atoms with Crippen LogP contribution in [0.3, 0.4) is 0 Å². The highest BCUT2D eigenvalue weighted by molar-refractivity contribution is 5.80. The second kappa shape index (κ2) is 8.89. The first-order valence-corrected chi connectivity index (χ1v) is 8.81. The average molecular weight is 352 g/mol. The van der Waals surface area contributed by atoms with Crippen molar-refractivity contribution < 1.29 is 9.53 Å². The van der Waals surface area contributed by atoms with E-state index in [1.54, 1.807) is 0 Å². The van der Waals surface area contributed by atoms with Crippen LogP contribution in [0.1, 0.15) is 30.0 Å². The summed E-state index contributed by atoms with van der Waals surface area (Å²) < 4.78 is 5.64. The number of guanidine groups is 1. The van der Waals surface area contributed by atoms with E-state index in [0.717, 1.165) is 23.3 Å². The Morgan fingerprint density at radius 3 is 2.77 bits per heavy atom. The molecule has 0 spiro atoms. The number of ether oxygens (including phenoxy) is 1. The van der Waals surface area contributed by atoms with Gasteiger partial charge in [-0.05, 0) is 11.6 Å². The van der Waals surface area contributed by atoms with E-state index in [9.17, 15) is 4.79 Å². The van der Waals surface area contributed by atoms with Gasteiger partial charge in [-0.25, -0.2) is 0 Å². The lowest BCUT2D eigenvalue weighted by Gasteiger charge is -2.26. The van der Waals surface area contributed by atoms with Crippen LogP contribution < -0.4 is 21.1 Å². The third-order valence-corrected chi connectivity index (χ3v) is 4.23. The van der Waals surface area contributed by atoms with Gasteiger partial charge in [0.05, 0.1) is 19.2 Å². The average Bonchev–Trinajstić information content (AvgIpc) is 2.67. The number of benzene rings is 2. The lowest BCUT2D eigenvalue weighted by atomic mass is 10.0. The molecule has 0 radical (unpaired) electrons. The number of fused-ring (bicyclic) bond motifs is 1. The van der Waals surface area contributed by atoms with Crippen molar-refractivity contribution in [3.63, 3.8) is 0 Å². The number of para-hydroxylation sites is 1. The van der Waals surface area contributed by atoms with Crippen LogP contribution in [0, 0.1) is 0 Å². The normalized spacial score (nSPS) is 16.3. The number of hydrogen-bond donors (Lipinski definition) is 3. The standard InChI is InChI=1S/C20H24N4O2/c21-20(24-17-11-13-26-18-9-5-4-8-16(17)18)22-12-10-19(25)23-14-15-6-2-1-3-7-15/h1-9,17H,10-14H2,(H,23,25)(H3,21,22,24). The summed E-state index contributed by atoms with van der Waals surface area (Å²) in [6, 6.07) is 17.8. The van der Waals surface area contributed by atoms with E-state index in [2.05, 4.69) is 15.6 Å². The van der Waals surface area contributed by atoms with Crippen LogP contribution >= 0.6 is 0 Å². The molecule has 1 heterocycles. The van der Waals surface area contributed by atoms with Crippen molar-refractivity contribution >= 4 is 11.9 Å². The second-order valence-electron chi connectivity index (χ2n) is 6.15. The van der Waals surface area contributed by atoms with Crippen molar-refractivity contribution in [2.24, 2.45) is 10.7 Å². The van der Waals surface area contributed by atoms with E-state index < -0.39 is 0 Å².